The molecule has 0 aliphatic rings. The molecule has 102 valence electrons. The smallest absolute Gasteiger partial charge is 0.317 e. The van der Waals surface area contributed by atoms with Crippen LogP contribution in [0.3, 0.4) is 0 Å². The molecule has 1 aromatic rings. The molecular formula is C14H20F3N. The van der Waals surface area contributed by atoms with E-state index in [4.69, 9.17) is 0 Å². The number of hydrogen-bond donors (Lipinski definition) is 1. The van der Waals surface area contributed by atoms with Gasteiger partial charge in [0.15, 0.2) is 0 Å². The summed E-state index contributed by atoms with van der Waals surface area (Å²) in [7, 11) is 1.85. The molecule has 18 heavy (non-hydrogen) atoms. The maximum Gasteiger partial charge on any atom is 0.416 e. The van der Waals surface area contributed by atoms with Gasteiger partial charge < -0.3 is 5.32 Å². The van der Waals surface area contributed by atoms with E-state index in [0.717, 1.165) is 18.1 Å². The fourth-order valence-corrected chi connectivity index (χ4v) is 2.03. The minimum atomic E-state index is -4.26. The molecule has 1 N–H and O–H groups in total. The third-order valence-electron chi connectivity index (χ3n) is 2.90. The standard InChI is InChI=1S/C14H20F3N/c1-10(2)7-13(18-3)9-11-5-4-6-12(8-11)14(15,16)17/h4-6,8,10,13,18H,7,9H2,1-3H3. The Bertz CT molecular complexity index is 372. The van der Waals surface area contributed by atoms with Gasteiger partial charge in [-0.15, -0.1) is 0 Å². The fraction of sp³-hybridized carbons (Fsp3) is 0.571. The van der Waals surface area contributed by atoms with Crippen LogP contribution < -0.4 is 5.32 Å². The molecule has 4 heteroatoms. The zero-order valence-corrected chi connectivity index (χ0v) is 11.0. The van der Waals surface area contributed by atoms with Crippen LogP contribution in [0.5, 0.6) is 0 Å². The first-order chi connectivity index (χ1) is 8.32. The van der Waals surface area contributed by atoms with Crippen molar-refractivity contribution >= 4 is 0 Å². The summed E-state index contributed by atoms with van der Waals surface area (Å²) in [6.07, 6.45) is -2.69. The molecule has 0 heterocycles. The normalized spacial score (nSPS) is 13.9. The SMILES string of the molecule is CNC(Cc1cccc(C(F)(F)F)c1)CC(C)C. The van der Waals surface area contributed by atoms with E-state index in [1.54, 1.807) is 6.07 Å². The van der Waals surface area contributed by atoms with Crippen LogP contribution in [-0.4, -0.2) is 13.1 Å². The average molecular weight is 259 g/mol. The first-order valence-electron chi connectivity index (χ1n) is 6.16. The molecule has 0 aliphatic carbocycles. The van der Waals surface area contributed by atoms with Gasteiger partial charge >= 0.3 is 6.18 Å². The predicted octanol–water partition coefficient (Wildman–Crippen LogP) is 3.88. The van der Waals surface area contributed by atoms with Crippen LogP contribution in [0.25, 0.3) is 0 Å². The van der Waals surface area contributed by atoms with E-state index >= 15 is 0 Å². The maximum absolute atomic E-state index is 12.6. The van der Waals surface area contributed by atoms with Crippen molar-refractivity contribution in [2.75, 3.05) is 7.05 Å². The second-order valence-corrected chi connectivity index (χ2v) is 5.02. The van der Waals surface area contributed by atoms with Crippen LogP contribution in [0.4, 0.5) is 13.2 Å². The monoisotopic (exact) mass is 259 g/mol. The summed E-state index contributed by atoms with van der Waals surface area (Å²) in [5.74, 6) is 0.522. The van der Waals surface area contributed by atoms with Gasteiger partial charge in [-0.2, -0.15) is 13.2 Å². The van der Waals surface area contributed by atoms with Gasteiger partial charge in [-0.25, -0.2) is 0 Å². The highest BCUT2D eigenvalue weighted by atomic mass is 19.4. The summed E-state index contributed by atoms with van der Waals surface area (Å²) < 4.78 is 37.7. The van der Waals surface area contributed by atoms with Crippen molar-refractivity contribution in [3.8, 4) is 0 Å². The summed E-state index contributed by atoms with van der Waals surface area (Å²) >= 11 is 0. The van der Waals surface area contributed by atoms with Gasteiger partial charge in [0, 0.05) is 6.04 Å². The maximum atomic E-state index is 12.6. The van der Waals surface area contributed by atoms with Crippen LogP contribution in [0.2, 0.25) is 0 Å². The lowest BCUT2D eigenvalue weighted by molar-refractivity contribution is -0.137. The molecule has 1 rings (SSSR count). The summed E-state index contributed by atoms with van der Waals surface area (Å²) in [6.45, 7) is 4.22. The first kappa shape index (κ1) is 15.0. The van der Waals surface area contributed by atoms with Gasteiger partial charge in [0.2, 0.25) is 0 Å². The summed E-state index contributed by atoms with van der Waals surface area (Å²) in [6, 6.07) is 5.79. The number of hydrogen-bond acceptors (Lipinski definition) is 1. The Morgan fingerprint density at radius 1 is 1.22 bits per heavy atom. The number of likely N-dealkylation sites (N-methyl/N-ethyl adjacent to an activating group) is 1. The van der Waals surface area contributed by atoms with Crippen molar-refractivity contribution in [1.82, 2.24) is 5.32 Å². The highest BCUT2D eigenvalue weighted by Crippen LogP contribution is 2.29. The number of rotatable bonds is 5. The van der Waals surface area contributed by atoms with E-state index in [9.17, 15) is 13.2 Å². The lowest BCUT2D eigenvalue weighted by Gasteiger charge is -2.19. The van der Waals surface area contributed by atoms with Gasteiger partial charge in [-0.05, 0) is 37.4 Å². The molecule has 0 fully saturated rings. The Labute approximate surface area is 106 Å². The van der Waals surface area contributed by atoms with Crippen molar-refractivity contribution in [2.24, 2.45) is 5.92 Å². The van der Waals surface area contributed by atoms with E-state index in [0.29, 0.717) is 12.3 Å². The van der Waals surface area contributed by atoms with E-state index in [1.807, 2.05) is 7.05 Å². The quantitative estimate of drug-likeness (QED) is 0.846. The third-order valence-corrected chi connectivity index (χ3v) is 2.90. The molecule has 1 aromatic carbocycles. The molecule has 0 spiro atoms. The van der Waals surface area contributed by atoms with Crippen LogP contribution in [0, 0.1) is 5.92 Å². The lowest BCUT2D eigenvalue weighted by atomic mass is 9.96. The largest absolute Gasteiger partial charge is 0.416 e. The Morgan fingerprint density at radius 2 is 1.89 bits per heavy atom. The van der Waals surface area contributed by atoms with E-state index in [-0.39, 0.29) is 6.04 Å². The van der Waals surface area contributed by atoms with Gasteiger partial charge in [0.25, 0.3) is 0 Å². The first-order valence-corrected chi connectivity index (χ1v) is 6.16. The van der Waals surface area contributed by atoms with E-state index < -0.39 is 11.7 Å². The fourth-order valence-electron chi connectivity index (χ4n) is 2.03. The van der Waals surface area contributed by atoms with Crippen LogP contribution >= 0.6 is 0 Å². The second-order valence-electron chi connectivity index (χ2n) is 5.02. The van der Waals surface area contributed by atoms with Gasteiger partial charge in [0.1, 0.15) is 0 Å². The topological polar surface area (TPSA) is 12.0 Å². The minimum absolute atomic E-state index is 0.216. The lowest BCUT2D eigenvalue weighted by Crippen LogP contribution is -2.29. The number of halogens is 3. The van der Waals surface area contributed by atoms with Crippen molar-refractivity contribution in [3.05, 3.63) is 35.4 Å². The molecule has 0 saturated carbocycles. The molecule has 1 nitrogen and oxygen atoms in total. The van der Waals surface area contributed by atoms with Gasteiger partial charge in [-0.3, -0.25) is 0 Å². The molecule has 1 atom stereocenters. The Morgan fingerprint density at radius 3 is 2.39 bits per heavy atom. The number of nitrogens with one attached hydrogen (secondary N) is 1. The second kappa shape index (κ2) is 6.23. The molecule has 0 aromatic heterocycles. The van der Waals surface area contributed by atoms with Crippen molar-refractivity contribution in [3.63, 3.8) is 0 Å². The predicted molar refractivity (Wildman–Crippen MR) is 67.5 cm³/mol. The third kappa shape index (κ3) is 4.69. The summed E-state index contributed by atoms with van der Waals surface area (Å²) in [5.41, 5.74) is 0.157. The Hall–Kier alpha value is -1.03. The zero-order chi connectivity index (χ0) is 13.8. The van der Waals surface area contributed by atoms with Gasteiger partial charge in [-0.1, -0.05) is 32.0 Å². The summed E-state index contributed by atoms with van der Waals surface area (Å²) in [5, 5.41) is 3.16. The Kier molecular flexibility index (Phi) is 5.20. The highest BCUT2D eigenvalue weighted by molar-refractivity contribution is 5.26. The minimum Gasteiger partial charge on any atom is -0.317 e. The molecular weight excluding hydrogens is 239 g/mol. The number of benzene rings is 1. The van der Waals surface area contributed by atoms with Crippen molar-refractivity contribution < 1.29 is 13.2 Å². The van der Waals surface area contributed by atoms with Crippen molar-refractivity contribution in [1.29, 1.82) is 0 Å². The zero-order valence-electron chi connectivity index (χ0n) is 11.0. The molecule has 1 unspecified atom stereocenters. The average Bonchev–Trinajstić information content (AvgIpc) is 2.26. The molecule has 0 radical (unpaired) electrons. The highest BCUT2D eigenvalue weighted by Gasteiger charge is 2.30. The van der Waals surface area contributed by atoms with Gasteiger partial charge in [0.05, 0.1) is 5.56 Å². The van der Waals surface area contributed by atoms with E-state index in [1.165, 1.54) is 12.1 Å². The van der Waals surface area contributed by atoms with Crippen molar-refractivity contribution in [2.45, 2.75) is 38.9 Å². The van der Waals surface area contributed by atoms with Crippen LogP contribution in [0.15, 0.2) is 24.3 Å². The molecule has 0 bridgehead atoms. The molecule has 0 amide bonds. The van der Waals surface area contributed by atoms with Crippen LogP contribution in [0.1, 0.15) is 31.4 Å². The van der Waals surface area contributed by atoms with Crippen LogP contribution in [-0.2, 0) is 12.6 Å². The molecule has 0 saturated heterocycles. The number of alkyl halides is 3. The molecule has 0 aliphatic heterocycles. The summed E-state index contributed by atoms with van der Waals surface area (Å²) in [4.78, 5) is 0. The Balaban J connectivity index is 2.78. The van der Waals surface area contributed by atoms with E-state index in [2.05, 4.69) is 19.2 Å².